The molecule has 65 heavy (non-hydrogen) atoms. The smallest absolute Gasteiger partial charge is 0.159 e. The molecule has 0 atom stereocenters. The van der Waals surface area contributed by atoms with Crippen molar-refractivity contribution >= 4 is 49.2 Å². The average Bonchev–Trinajstić information content (AvgIpc) is 4.09. The standard InChI is InChI=1S/C53H30N12/c54-30-32-5-6-33(23-32)43-29-44(64-45-24-34(50-56-15-1-16-57-50)7-11-39(45)40-12-8-35(25-46(40)64)51-58-17-2-18-59-51)38(31-55)28-49(43)65-47-26-36(52-60-19-3-20-61-52)9-13-41(47)42-14-10-37(27-48(42)65)53-62-21-4-22-63-53/h1-5,7-29H,6H2. The normalized spacial score (nSPS) is 12.4. The van der Waals surface area contributed by atoms with Gasteiger partial charge in [-0.05, 0) is 78.7 Å². The maximum atomic E-state index is 11.4. The average molecular weight is 835 g/mol. The van der Waals surface area contributed by atoms with Crippen LogP contribution in [0.2, 0.25) is 0 Å². The highest BCUT2D eigenvalue weighted by Gasteiger charge is 2.25. The minimum atomic E-state index is 0.428. The minimum Gasteiger partial charge on any atom is -0.309 e. The first-order valence-corrected chi connectivity index (χ1v) is 20.8. The second-order valence-corrected chi connectivity index (χ2v) is 15.5. The molecular weight excluding hydrogens is 805 g/mol. The minimum absolute atomic E-state index is 0.428. The van der Waals surface area contributed by atoms with Gasteiger partial charge in [0.2, 0.25) is 0 Å². The summed E-state index contributed by atoms with van der Waals surface area (Å²) in [5.41, 5.74) is 11.0. The third kappa shape index (κ3) is 6.21. The van der Waals surface area contributed by atoms with E-state index >= 15 is 0 Å². The van der Waals surface area contributed by atoms with Crippen molar-refractivity contribution in [3.63, 3.8) is 0 Å². The highest BCUT2D eigenvalue weighted by Crippen LogP contribution is 2.43. The fraction of sp³-hybridized carbons (Fsp3) is 0.0189. The Bertz CT molecular complexity index is 3670. The maximum Gasteiger partial charge on any atom is 0.159 e. The summed E-state index contributed by atoms with van der Waals surface area (Å²) in [6.45, 7) is 0. The molecule has 12 heteroatoms. The molecule has 0 spiro atoms. The van der Waals surface area contributed by atoms with Gasteiger partial charge in [-0.3, -0.25) is 0 Å². The van der Waals surface area contributed by atoms with Crippen molar-refractivity contribution in [2.24, 2.45) is 0 Å². The van der Waals surface area contributed by atoms with Crippen LogP contribution in [0.5, 0.6) is 0 Å². The molecule has 0 saturated carbocycles. The third-order valence-electron chi connectivity index (χ3n) is 11.9. The summed E-state index contributed by atoms with van der Waals surface area (Å²) in [4.78, 5) is 36.6. The quantitative estimate of drug-likeness (QED) is 0.151. The summed E-state index contributed by atoms with van der Waals surface area (Å²) in [6.07, 6.45) is 18.2. The summed E-state index contributed by atoms with van der Waals surface area (Å²) in [7, 11) is 0. The highest BCUT2D eigenvalue weighted by molar-refractivity contribution is 6.13. The van der Waals surface area contributed by atoms with E-state index in [9.17, 15) is 10.5 Å². The molecule has 0 fully saturated rings. The van der Waals surface area contributed by atoms with Crippen molar-refractivity contribution in [2.45, 2.75) is 6.42 Å². The van der Waals surface area contributed by atoms with Gasteiger partial charge in [0, 0.05) is 105 Å². The zero-order valence-electron chi connectivity index (χ0n) is 34.2. The van der Waals surface area contributed by atoms with Gasteiger partial charge in [-0.25, -0.2) is 39.9 Å². The molecule has 12 nitrogen and oxygen atoms in total. The lowest BCUT2D eigenvalue weighted by molar-refractivity contribution is 1.12. The van der Waals surface area contributed by atoms with Crippen molar-refractivity contribution in [2.75, 3.05) is 0 Å². The lowest BCUT2D eigenvalue weighted by Crippen LogP contribution is -2.06. The number of nitrogens with zero attached hydrogens (tertiary/aromatic N) is 12. The van der Waals surface area contributed by atoms with Gasteiger partial charge in [0.25, 0.3) is 0 Å². The topological polar surface area (TPSA) is 161 Å². The van der Waals surface area contributed by atoms with E-state index in [0.717, 1.165) is 82.7 Å². The van der Waals surface area contributed by atoms with E-state index in [1.54, 1.807) is 73.8 Å². The zero-order chi connectivity index (χ0) is 43.4. The molecule has 0 saturated heterocycles. The maximum absolute atomic E-state index is 11.4. The first-order chi connectivity index (χ1) is 32.1. The lowest BCUT2D eigenvalue weighted by Gasteiger charge is -2.19. The first-order valence-electron chi connectivity index (χ1n) is 20.8. The molecule has 5 aromatic carbocycles. The molecule has 1 aliphatic carbocycles. The third-order valence-corrected chi connectivity index (χ3v) is 11.9. The Hall–Kier alpha value is -9.52. The number of hydrogen-bond acceptors (Lipinski definition) is 10. The summed E-state index contributed by atoms with van der Waals surface area (Å²) >= 11 is 0. The number of rotatable bonds is 7. The van der Waals surface area contributed by atoms with E-state index < -0.39 is 0 Å². The predicted molar refractivity (Wildman–Crippen MR) is 250 cm³/mol. The van der Waals surface area contributed by atoms with Crippen molar-refractivity contribution < 1.29 is 0 Å². The SMILES string of the molecule is N#CC1=CCC(c2cc(-n3c4cc(-c5ncccn5)ccc4c4ccc(-c5ncccn5)cc43)c(C#N)cc2-n2c3cc(-c4ncccn4)ccc3c3ccc(-c4ncccn4)cc32)=C1. The highest BCUT2D eigenvalue weighted by atomic mass is 15.0. The molecule has 12 rings (SSSR count). The molecule has 6 heterocycles. The fourth-order valence-electron chi connectivity index (χ4n) is 8.99. The van der Waals surface area contributed by atoms with Crippen LogP contribution in [0.3, 0.4) is 0 Å². The zero-order valence-corrected chi connectivity index (χ0v) is 34.2. The van der Waals surface area contributed by atoms with Crippen molar-refractivity contribution in [3.8, 4) is 69.1 Å². The predicted octanol–water partition coefficient (Wildman–Crippen LogP) is 10.8. The van der Waals surface area contributed by atoms with Gasteiger partial charge in [0.05, 0.1) is 45.1 Å². The van der Waals surface area contributed by atoms with Gasteiger partial charge in [-0.15, -0.1) is 0 Å². The van der Waals surface area contributed by atoms with Crippen LogP contribution in [0.15, 0.2) is 176 Å². The Kier molecular flexibility index (Phi) is 8.67. The molecule has 1 aliphatic rings. The van der Waals surface area contributed by atoms with Crippen LogP contribution in [-0.2, 0) is 0 Å². The van der Waals surface area contributed by atoms with Crippen molar-refractivity contribution in [1.82, 2.24) is 49.0 Å². The van der Waals surface area contributed by atoms with Gasteiger partial charge in [0.15, 0.2) is 23.3 Å². The molecule has 0 unspecified atom stereocenters. The van der Waals surface area contributed by atoms with Gasteiger partial charge < -0.3 is 9.13 Å². The van der Waals surface area contributed by atoms with Gasteiger partial charge in [-0.1, -0.05) is 54.6 Å². The van der Waals surface area contributed by atoms with Crippen LogP contribution in [-0.4, -0.2) is 49.0 Å². The van der Waals surface area contributed by atoms with E-state index in [1.807, 2.05) is 42.5 Å². The van der Waals surface area contributed by atoms with E-state index in [-0.39, 0.29) is 0 Å². The van der Waals surface area contributed by atoms with Crippen molar-refractivity contribution in [1.29, 1.82) is 10.5 Å². The molecular formula is C53H30N12. The molecule has 0 N–H and O–H groups in total. The second kappa shape index (κ2) is 15.1. The Balaban J connectivity index is 1.19. The molecule has 0 radical (unpaired) electrons. The number of hydrogen-bond donors (Lipinski definition) is 0. The van der Waals surface area contributed by atoms with Crippen LogP contribution < -0.4 is 0 Å². The van der Waals surface area contributed by atoms with Crippen LogP contribution in [0.1, 0.15) is 17.5 Å². The lowest BCUT2D eigenvalue weighted by atomic mass is 9.98. The van der Waals surface area contributed by atoms with E-state index in [2.05, 4.69) is 116 Å². The van der Waals surface area contributed by atoms with Gasteiger partial charge in [0.1, 0.15) is 6.07 Å². The van der Waals surface area contributed by atoms with E-state index in [1.165, 1.54) is 0 Å². The van der Waals surface area contributed by atoms with Crippen LogP contribution in [0.4, 0.5) is 0 Å². The largest absolute Gasteiger partial charge is 0.309 e. The Labute approximate surface area is 370 Å². The molecule has 0 bridgehead atoms. The second-order valence-electron chi connectivity index (χ2n) is 15.5. The van der Waals surface area contributed by atoms with Gasteiger partial charge >= 0.3 is 0 Å². The van der Waals surface area contributed by atoms with Crippen molar-refractivity contribution in [3.05, 3.63) is 188 Å². The Morgan fingerprint density at radius 2 is 0.785 bits per heavy atom. The summed E-state index contributed by atoms with van der Waals surface area (Å²) in [5.74, 6) is 2.34. The van der Waals surface area contributed by atoms with E-state index in [4.69, 9.17) is 0 Å². The number of benzene rings is 5. The number of nitriles is 2. The first kappa shape index (κ1) is 37.3. The Morgan fingerprint density at radius 3 is 1.12 bits per heavy atom. The number of fused-ring (bicyclic) bond motifs is 6. The van der Waals surface area contributed by atoms with Crippen LogP contribution in [0.25, 0.3) is 106 Å². The van der Waals surface area contributed by atoms with Crippen LogP contribution >= 0.6 is 0 Å². The summed E-state index contributed by atoms with van der Waals surface area (Å²) in [6, 6.07) is 41.1. The number of aromatic nitrogens is 10. The molecule has 0 amide bonds. The molecule has 6 aromatic heterocycles. The molecule has 302 valence electrons. The van der Waals surface area contributed by atoms with Crippen LogP contribution in [0, 0.1) is 22.7 Å². The summed E-state index contributed by atoms with van der Waals surface area (Å²) < 4.78 is 4.35. The van der Waals surface area contributed by atoms with E-state index in [0.29, 0.717) is 46.5 Å². The monoisotopic (exact) mass is 834 g/mol. The summed E-state index contributed by atoms with van der Waals surface area (Å²) in [5, 5.41) is 25.5. The fourth-order valence-corrected chi connectivity index (χ4v) is 8.99. The van der Waals surface area contributed by atoms with Gasteiger partial charge in [-0.2, -0.15) is 10.5 Å². The molecule has 0 aliphatic heterocycles. The number of allylic oxidation sites excluding steroid dienone is 4. The Morgan fingerprint density at radius 1 is 0.415 bits per heavy atom. The molecule has 11 aromatic rings.